The Balaban J connectivity index is 2.23. The summed E-state index contributed by atoms with van der Waals surface area (Å²) in [6.07, 6.45) is 1.63. The largest absolute Gasteiger partial charge is 0.333 e. The molecule has 0 fully saturated rings. The zero-order valence-corrected chi connectivity index (χ0v) is 16.1. The SMILES string of the molecule is CC(C)Cn1cnc2c1c(=O)n(Cc1ccc(F)cc1)c(=O)n2CC(C)C. The third-order valence-corrected chi connectivity index (χ3v) is 4.35. The molecule has 1 aromatic carbocycles. The van der Waals surface area contributed by atoms with Gasteiger partial charge in [-0.3, -0.25) is 13.9 Å². The standard InChI is InChI=1S/C20H25FN4O2/c1-13(2)9-23-12-22-18-17(23)19(26)25(20(27)24(18)10-14(3)4)11-15-5-7-16(21)8-6-15/h5-8,12-14H,9-11H2,1-4H3. The fourth-order valence-electron chi connectivity index (χ4n) is 3.21. The molecule has 3 rings (SSSR count). The predicted octanol–water partition coefficient (Wildman–Crippen LogP) is 2.86. The van der Waals surface area contributed by atoms with Gasteiger partial charge in [-0.25, -0.2) is 14.2 Å². The van der Waals surface area contributed by atoms with Gasteiger partial charge in [-0.2, -0.15) is 0 Å². The van der Waals surface area contributed by atoms with Gasteiger partial charge in [0.15, 0.2) is 11.2 Å². The molecule has 144 valence electrons. The van der Waals surface area contributed by atoms with Gasteiger partial charge in [-0.05, 0) is 29.5 Å². The Bertz CT molecular complexity index is 1060. The van der Waals surface area contributed by atoms with Crippen LogP contribution in [0.2, 0.25) is 0 Å². The lowest BCUT2D eigenvalue weighted by Crippen LogP contribution is -2.41. The normalized spacial score (nSPS) is 11.8. The van der Waals surface area contributed by atoms with Crippen LogP contribution in [0, 0.1) is 17.7 Å². The maximum absolute atomic E-state index is 13.2. The second kappa shape index (κ2) is 7.50. The average molecular weight is 372 g/mol. The van der Waals surface area contributed by atoms with Crippen molar-refractivity contribution < 1.29 is 4.39 Å². The Labute approximate surface area is 156 Å². The molecule has 2 heterocycles. The van der Waals surface area contributed by atoms with E-state index in [1.807, 2.05) is 18.4 Å². The summed E-state index contributed by atoms with van der Waals surface area (Å²) in [5.41, 5.74) is 0.805. The number of imidazole rings is 1. The molecule has 0 saturated heterocycles. The lowest BCUT2D eigenvalue weighted by atomic mass is 10.2. The van der Waals surface area contributed by atoms with E-state index in [1.54, 1.807) is 23.0 Å². The smallest absolute Gasteiger partial charge is 0.324 e. The number of aromatic nitrogens is 4. The molecule has 2 aromatic heterocycles. The molecule has 27 heavy (non-hydrogen) atoms. The van der Waals surface area contributed by atoms with Crippen LogP contribution in [0.4, 0.5) is 4.39 Å². The van der Waals surface area contributed by atoms with E-state index in [1.165, 1.54) is 16.7 Å². The molecule has 0 aliphatic rings. The Morgan fingerprint density at radius 1 is 0.963 bits per heavy atom. The lowest BCUT2D eigenvalue weighted by Gasteiger charge is -2.14. The summed E-state index contributed by atoms with van der Waals surface area (Å²) in [6, 6.07) is 5.83. The lowest BCUT2D eigenvalue weighted by molar-refractivity contribution is 0.492. The van der Waals surface area contributed by atoms with Crippen LogP contribution in [0.1, 0.15) is 33.3 Å². The van der Waals surface area contributed by atoms with Crippen molar-refractivity contribution in [2.24, 2.45) is 11.8 Å². The fraction of sp³-hybridized carbons (Fsp3) is 0.450. The first-order valence-corrected chi connectivity index (χ1v) is 9.20. The first-order chi connectivity index (χ1) is 12.8. The molecule has 7 heteroatoms. The maximum Gasteiger partial charge on any atom is 0.333 e. The first-order valence-electron chi connectivity index (χ1n) is 9.20. The number of nitrogens with zero attached hydrogens (tertiary/aromatic N) is 4. The van der Waals surface area contributed by atoms with Crippen LogP contribution in [-0.2, 0) is 19.6 Å². The van der Waals surface area contributed by atoms with E-state index in [0.717, 1.165) is 0 Å². The van der Waals surface area contributed by atoms with Crippen LogP contribution in [0.3, 0.4) is 0 Å². The number of fused-ring (bicyclic) bond motifs is 1. The van der Waals surface area contributed by atoms with E-state index in [2.05, 4.69) is 18.8 Å². The summed E-state index contributed by atoms with van der Waals surface area (Å²) in [4.78, 5) is 30.6. The van der Waals surface area contributed by atoms with Gasteiger partial charge >= 0.3 is 5.69 Å². The van der Waals surface area contributed by atoms with Crippen LogP contribution in [0.25, 0.3) is 11.2 Å². The van der Waals surface area contributed by atoms with Crippen molar-refractivity contribution >= 4 is 11.2 Å². The molecular formula is C20H25FN4O2. The molecule has 0 atom stereocenters. The molecule has 0 unspecified atom stereocenters. The van der Waals surface area contributed by atoms with Crippen LogP contribution in [0.5, 0.6) is 0 Å². The van der Waals surface area contributed by atoms with Crippen LogP contribution in [0.15, 0.2) is 40.2 Å². The molecule has 0 bridgehead atoms. The van der Waals surface area contributed by atoms with Gasteiger partial charge in [-0.15, -0.1) is 0 Å². The van der Waals surface area contributed by atoms with Crippen LogP contribution < -0.4 is 11.2 Å². The second-order valence-corrected chi connectivity index (χ2v) is 7.77. The van der Waals surface area contributed by atoms with E-state index in [0.29, 0.717) is 35.7 Å². The van der Waals surface area contributed by atoms with Crippen molar-refractivity contribution in [3.8, 4) is 0 Å². The van der Waals surface area contributed by atoms with Crippen LogP contribution >= 0.6 is 0 Å². The molecule has 3 aromatic rings. The van der Waals surface area contributed by atoms with E-state index in [-0.39, 0.29) is 29.5 Å². The number of hydrogen-bond donors (Lipinski definition) is 0. The summed E-state index contributed by atoms with van der Waals surface area (Å²) >= 11 is 0. The Kier molecular flexibility index (Phi) is 5.30. The summed E-state index contributed by atoms with van der Waals surface area (Å²) < 4.78 is 17.8. The fourth-order valence-corrected chi connectivity index (χ4v) is 3.21. The van der Waals surface area contributed by atoms with Crippen molar-refractivity contribution in [1.82, 2.24) is 18.7 Å². The van der Waals surface area contributed by atoms with E-state index < -0.39 is 0 Å². The molecule has 0 radical (unpaired) electrons. The molecule has 0 aliphatic heterocycles. The maximum atomic E-state index is 13.2. The molecule has 0 N–H and O–H groups in total. The van der Waals surface area contributed by atoms with Crippen molar-refractivity contribution in [1.29, 1.82) is 0 Å². The van der Waals surface area contributed by atoms with Crippen molar-refractivity contribution in [3.63, 3.8) is 0 Å². The predicted molar refractivity (Wildman–Crippen MR) is 103 cm³/mol. The summed E-state index contributed by atoms with van der Waals surface area (Å²) in [5, 5.41) is 0. The molecule has 0 amide bonds. The quantitative estimate of drug-likeness (QED) is 0.668. The van der Waals surface area contributed by atoms with Gasteiger partial charge in [-0.1, -0.05) is 39.8 Å². The van der Waals surface area contributed by atoms with Crippen LogP contribution in [-0.4, -0.2) is 18.7 Å². The second-order valence-electron chi connectivity index (χ2n) is 7.77. The molecule has 0 saturated carbocycles. The Hall–Kier alpha value is -2.70. The minimum atomic E-state index is -0.389. The topological polar surface area (TPSA) is 61.8 Å². The zero-order valence-electron chi connectivity index (χ0n) is 16.1. The molecule has 0 aliphatic carbocycles. The number of rotatable bonds is 6. The highest BCUT2D eigenvalue weighted by Crippen LogP contribution is 2.12. The van der Waals surface area contributed by atoms with Crippen molar-refractivity contribution in [2.45, 2.75) is 47.3 Å². The molecule has 0 spiro atoms. The number of hydrogen-bond acceptors (Lipinski definition) is 3. The first kappa shape index (κ1) is 19.1. The van der Waals surface area contributed by atoms with Gasteiger partial charge in [0.1, 0.15) is 5.82 Å². The van der Waals surface area contributed by atoms with Gasteiger partial charge < -0.3 is 4.57 Å². The highest BCUT2D eigenvalue weighted by atomic mass is 19.1. The third-order valence-electron chi connectivity index (χ3n) is 4.35. The van der Waals surface area contributed by atoms with Crippen molar-refractivity contribution in [2.75, 3.05) is 0 Å². The van der Waals surface area contributed by atoms with Gasteiger partial charge in [0.05, 0.1) is 12.9 Å². The van der Waals surface area contributed by atoms with E-state index in [4.69, 9.17) is 0 Å². The minimum Gasteiger partial charge on any atom is -0.324 e. The third kappa shape index (κ3) is 3.86. The van der Waals surface area contributed by atoms with E-state index >= 15 is 0 Å². The van der Waals surface area contributed by atoms with E-state index in [9.17, 15) is 14.0 Å². The molecule has 6 nitrogen and oxygen atoms in total. The summed E-state index contributed by atoms with van der Waals surface area (Å²) in [5.74, 6) is 0.199. The summed E-state index contributed by atoms with van der Waals surface area (Å²) in [6.45, 7) is 9.36. The monoisotopic (exact) mass is 372 g/mol. The highest BCUT2D eigenvalue weighted by Gasteiger charge is 2.19. The minimum absolute atomic E-state index is 0.0961. The average Bonchev–Trinajstić information content (AvgIpc) is 3.00. The summed E-state index contributed by atoms with van der Waals surface area (Å²) in [7, 11) is 0. The highest BCUT2D eigenvalue weighted by molar-refractivity contribution is 5.70. The van der Waals surface area contributed by atoms with Gasteiger partial charge in [0.25, 0.3) is 5.56 Å². The van der Waals surface area contributed by atoms with Crippen molar-refractivity contribution in [3.05, 3.63) is 62.8 Å². The van der Waals surface area contributed by atoms with Gasteiger partial charge in [0, 0.05) is 13.1 Å². The Morgan fingerprint density at radius 2 is 1.59 bits per heavy atom. The number of halogens is 1. The molecular weight excluding hydrogens is 347 g/mol. The Morgan fingerprint density at radius 3 is 2.19 bits per heavy atom. The number of benzene rings is 1. The zero-order chi connectivity index (χ0) is 19.7. The van der Waals surface area contributed by atoms with Gasteiger partial charge in [0.2, 0.25) is 0 Å².